The van der Waals surface area contributed by atoms with Gasteiger partial charge in [-0.2, -0.15) is 0 Å². The normalized spacial score (nSPS) is 25.9. The summed E-state index contributed by atoms with van der Waals surface area (Å²) < 4.78 is 16.7. The Balaban J connectivity index is 2.61. The maximum Gasteiger partial charge on any atom is 0.408 e. The van der Waals surface area contributed by atoms with E-state index in [-0.39, 0.29) is 12.1 Å². The number of amides is 1. The van der Waals surface area contributed by atoms with E-state index >= 15 is 0 Å². The van der Waals surface area contributed by atoms with E-state index in [1.807, 2.05) is 40.7 Å². The molecular formula is C15H27NO4. The molecule has 0 unspecified atom stereocenters. The third-order valence-electron chi connectivity index (χ3n) is 2.85. The van der Waals surface area contributed by atoms with Crippen LogP contribution in [0.25, 0.3) is 0 Å². The Kier molecular flexibility index (Phi) is 5.59. The highest BCUT2D eigenvalue weighted by Gasteiger charge is 2.37. The van der Waals surface area contributed by atoms with Gasteiger partial charge in [-0.3, -0.25) is 0 Å². The predicted molar refractivity (Wildman–Crippen MR) is 77.5 cm³/mol. The van der Waals surface area contributed by atoms with Crippen LogP contribution in [0.2, 0.25) is 0 Å². The molecule has 1 fully saturated rings. The van der Waals surface area contributed by atoms with Crippen molar-refractivity contribution in [3.63, 3.8) is 0 Å². The largest absolute Gasteiger partial charge is 0.444 e. The molecule has 1 rings (SSSR count). The number of nitrogens with one attached hydrogen (secondary N) is 1. The molecular weight excluding hydrogens is 258 g/mol. The van der Waals surface area contributed by atoms with Gasteiger partial charge in [-0.15, -0.1) is 6.58 Å². The van der Waals surface area contributed by atoms with Gasteiger partial charge < -0.3 is 19.5 Å². The SMILES string of the molecule is C=CCC[C@H]1OC(C)(C)OC[C@@H]1NC(=O)OC(C)(C)C. The second kappa shape index (κ2) is 6.59. The van der Waals surface area contributed by atoms with Gasteiger partial charge in [0.1, 0.15) is 5.60 Å². The van der Waals surface area contributed by atoms with Gasteiger partial charge in [-0.25, -0.2) is 4.79 Å². The van der Waals surface area contributed by atoms with Gasteiger partial charge in [0.15, 0.2) is 5.79 Å². The molecule has 0 aromatic rings. The second-order valence-electron chi connectivity index (χ2n) is 6.49. The van der Waals surface area contributed by atoms with Crippen molar-refractivity contribution in [2.45, 2.75) is 71.0 Å². The Morgan fingerprint density at radius 2 is 2.15 bits per heavy atom. The van der Waals surface area contributed by atoms with E-state index in [0.29, 0.717) is 6.61 Å². The van der Waals surface area contributed by atoms with Crippen molar-refractivity contribution in [1.29, 1.82) is 0 Å². The van der Waals surface area contributed by atoms with Crippen LogP contribution in [-0.4, -0.2) is 36.2 Å². The van der Waals surface area contributed by atoms with Crippen molar-refractivity contribution in [2.75, 3.05) is 6.61 Å². The van der Waals surface area contributed by atoms with E-state index in [4.69, 9.17) is 14.2 Å². The lowest BCUT2D eigenvalue weighted by Crippen LogP contribution is -2.56. The van der Waals surface area contributed by atoms with E-state index < -0.39 is 17.5 Å². The Morgan fingerprint density at radius 3 is 2.70 bits per heavy atom. The number of alkyl carbamates (subject to hydrolysis) is 1. The molecule has 1 amide bonds. The van der Waals surface area contributed by atoms with Crippen LogP contribution in [0.3, 0.4) is 0 Å². The number of hydrogen-bond acceptors (Lipinski definition) is 4. The molecule has 0 aromatic heterocycles. The van der Waals surface area contributed by atoms with E-state index in [0.717, 1.165) is 12.8 Å². The quantitative estimate of drug-likeness (QED) is 0.807. The summed E-state index contributed by atoms with van der Waals surface area (Å²) in [5.74, 6) is -0.627. The average Bonchev–Trinajstić information content (AvgIpc) is 2.26. The van der Waals surface area contributed by atoms with Gasteiger partial charge >= 0.3 is 6.09 Å². The molecule has 1 aliphatic heterocycles. The molecule has 1 aliphatic rings. The molecule has 116 valence electrons. The molecule has 0 aliphatic carbocycles. The fraction of sp³-hybridized carbons (Fsp3) is 0.800. The van der Waals surface area contributed by atoms with E-state index in [1.165, 1.54) is 0 Å². The topological polar surface area (TPSA) is 56.8 Å². The molecule has 1 heterocycles. The number of carbonyl (C=O) groups excluding carboxylic acids is 1. The smallest absolute Gasteiger partial charge is 0.408 e. The van der Waals surface area contributed by atoms with Crippen molar-refractivity contribution in [1.82, 2.24) is 5.32 Å². The molecule has 1 saturated heterocycles. The zero-order chi connectivity index (χ0) is 15.4. The maximum atomic E-state index is 11.8. The van der Waals surface area contributed by atoms with Gasteiger partial charge in [0.25, 0.3) is 0 Å². The van der Waals surface area contributed by atoms with E-state index in [9.17, 15) is 4.79 Å². The first-order chi connectivity index (χ1) is 9.13. The first-order valence-electron chi connectivity index (χ1n) is 7.05. The van der Waals surface area contributed by atoms with Gasteiger partial charge in [0.05, 0.1) is 18.8 Å². The minimum absolute atomic E-state index is 0.107. The van der Waals surface area contributed by atoms with Crippen LogP contribution < -0.4 is 5.32 Å². The van der Waals surface area contributed by atoms with Gasteiger partial charge in [-0.05, 0) is 47.5 Å². The van der Waals surface area contributed by atoms with Crippen LogP contribution >= 0.6 is 0 Å². The summed E-state index contributed by atoms with van der Waals surface area (Å²) in [5.41, 5.74) is -0.518. The van der Waals surface area contributed by atoms with Crippen LogP contribution in [0.5, 0.6) is 0 Å². The lowest BCUT2D eigenvalue weighted by Gasteiger charge is -2.41. The van der Waals surface area contributed by atoms with Gasteiger partial charge in [0.2, 0.25) is 0 Å². The third kappa shape index (κ3) is 5.92. The lowest BCUT2D eigenvalue weighted by molar-refractivity contribution is -0.282. The van der Waals surface area contributed by atoms with Crippen molar-refractivity contribution in [3.05, 3.63) is 12.7 Å². The van der Waals surface area contributed by atoms with Gasteiger partial charge in [0, 0.05) is 0 Å². The fourth-order valence-electron chi connectivity index (χ4n) is 2.01. The van der Waals surface area contributed by atoms with Crippen LogP contribution in [0, 0.1) is 0 Å². The van der Waals surface area contributed by atoms with E-state index in [2.05, 4.69) is 11.9 Å². The monoisotopic (exact) mass is 285 g/mol. The molecule has 0 bridgehead atoms. The molecule has 0 radical (unpaired) electrons. The number of carbonyl (C=O) groups is 1. The summed E-state index contributed by atoms with van der Waals surface area (Å²) >= 11 is 0. The summed E-state index contributed by atoms with van der Waals surface area (Å²) in [6.45, 7) is 13.4. The molecule has 0 spiro atoms. The summed E-state index contributed by atoms with van der Waals surface area (Å²) in [5, 5.41) is 2.83. The van der Waals surface area contributed by atoms with Crippen molar-refractivity contribution in [2.24, 2.45) is 0 Å². The number of hydrogen-bond donors (Lipinski definition) is 1. The Bertz CT molecular complexity index is 346. The summed E-state index contributed by atoms with van der Waals surface area (Å²) in [7, 11) is 0. The van der Waals surface area contributed by atoms with Crippen LogP contribution in [-0.2, 0) is 14.2 Å². The average molecular weight is 285 g/mol. The van der Waals surface area contributed by atoms with E-state index in [1.54, 1.807) is 0 Å². The van der Waals surface area contributed by atoms with Crippen molar-refractivity contribution < 1.29 is 19.0 Å². The minimum atomic E-state index is -0.627. The lowest BCUT2D eigenvalue weighted by atomic mass is 10.0. The highest BCUT2D eigenvalue weighted by atomic mass is 16.7. The fourth-order valence-corrected chi connectivity index (χ4v) is 2.01. The number of rotatable bonds is 4. The standard InChI is InChI=1S/C15H27NO4/c1-7-8-9-12-11(10-18-15(5,6)19-12)16-13(17)20-14(2,3)4/h7,11-12H,1,8-10H2,2-6H3,(H,16,17)/t11-,12+/m0/s1. The highest BCUT2D eigenvalue weighted by Crippen LogP contribution is 2.25. The Labute approximate surface area is 121 Å². The molecule has 0 aromatic carbocycles. The number of ether oxygens (including phenoxy) is 3. The molecule has 2 atom stereocenters. The Morgan fingerprint density at radius 1 is 1.50 bits per heavy atom. The first-order valence-corrected chi connectivity index (χ1v) is 7.05. The maximum absolute atomic E-state index is 11.8. The first kappa shape index (κ1) is 17.0. The second-order valence-corrected chi connectivity index (χ2v) is 6.49. The molecule has 1 N–H and O–H groups in total. The zero-order valence-corrected chi connectivity index (χ0v) is 13.2. The summed E-state index contributed by atoms with van der Waals surface area (Å²) in [6, 6.07) is -0.210. The van der Waals surface area contributed by atoms with Crippen LogP contribution in [0.4, 0.5) is 4.79 Å². The number of allylic oxidation sites excluding steroid dienone is 1. The van der Waals surface area contributed by atoms with Crippen molar-refractivity contribution in [3.8, 4) is 0 Å². The van der Waals surface area contributed by atoms with Crippen LogP contribution in [0.15, 0.2) is 12.7 Å². The summed E-state index contributed by atoms with van der Waals surface area (Å²) in [4.78, 5) is 11.8. The predicted octanol–water partition coefficient (Wildman–Crippen LogP) is 3.00. The third-order valence-corrected chi connectivity index (χ3v) is 2.85. The molecule has 5 heteroatoms. The molecule has 20 heavy (non-hydrogen) atoms. The molecule has 0 saturated carbocycles. The van der Waals surface area contributed by atoms with Crippen LogP contribution in [0.1, 0.15) is 47.5 Å². The zero-order valence-electron chi connectivity index (χ0n) is 13.2. The minimum Gasteiger partial charge on any atom is -0.444 e. The molecule has 5 nitrogen and oxygen atoms in total. The summed E-state index contributed by atoms with van der Waals surface area (Å²) in [6.07, 6.45) is 2.91. The highest BCUT2D eigenvalue weighted by molar-refractivity contribution is 5.68. The Hall–Kier alpha value is -1.07. The van der Waals surface area contributed by atoms with Crippen molar-refractivity contribution >= 4 is 6.09 Å². The van der Waals surface area contributed by atoms with Gasteiger partial charge in [-0.1, -0.05) is 6.08 Å².